The lowest BCUT2D eigenvalue weighted by Gasteiger charge is -2.41. The van der Waals surface area contributed by atoms with Gasteiger partial charge in [-0.25, -0.2) is 0 Å². The van der Waals surface area contributed by atoms with E-state index in [4.69, 9.17) is 0 Å². The number of piperazine rings is 1. The second-order valence-corrected chi connectivity index (χ2v) is 5.73. The Bertz CT molecular complexity index is 710. The molecular weight excluding hydrogens is 292 g/mol. The van der Waals surface area contributed by atoms with Gasteiger partial charge in [0.15, 0.2) is 0 Å². The van der Waals surface area contributed by atoms with Gasteiger partial charge in [0.1, 0.15) is 5.69 Å². The van der Waals surface area contributed by atoms with Gasteiger partial charge >= 0.3 is 0 Å². The van der Waals surface area contributed by atoms with Crippen LogP contribution in [0.15, 0.2) is 42.6 Å². The maximum absolute atomic E-state index is 12.7. The predicted molar refractivity (Wildman–Crippen MR) is 85.7 cm³/mol. The van der Waals surface area contributed by atoms with Crippen LogP contribution >= 0.6 is 0 Å². The highest BCUT2D eigenvalue weighted by atomic mass is 16.2. The molecule has 0 unspecified atom stereocenters. The van der Waals surface area contributed by atoms with Gasteiger partial charge in [-0.05, 0) is 11.6 Å². The van der Waals surface area contributed by atoms with Crippen LogP contribution in [-0.4, -0.2) is 51.0 Å². The van der Waals surface area contributed by atoms with E-state index in [1.165, 1.54) is 0 Å². The first-order valence-electron chi connectivity index (χ1n) is 7.67. The number of amides is 2. The molecular formula is C17H20N4O2. The van der Waals surface area contributed by atoms with Crippen molar-refractivity contribution < 1.29 is 9.59 Å². The number of aryl methyl sites for hydroxylation is 1. The van der Waals surface area contributed by atoms with Gasteiger partial charge in [0, 0.05) is 39.8 Å². The van der Waals surface area contributed by atoms with Crippen LogP contribution in [0.3, 0.4) is 0 Å². The highest BCUT2D eigenvalue weighted by Crippen LogP contribution is 2.26. The molecule has 23 heavy (non-hydrogen) atoms. The number of hydrogen-bond donors (Lipinski definition) is 0. The molecule has 0 spiro atoms. The second-order valence-electron chi connectivity index (χ2n) is 5.73. The number of carbonyl (C=O) groups excluding carboxylic acids is 2. The number of aromatic nitrogens is 2. The molecule has 0 radical (unpaired) electrons. The summed E-state index contributed by atoms with van der Waals surface area (Å²) in [5.41, 5.74) is 1.61. The molecule has 1 atom stereocenters. The van der Waals surface area contributed by atoms with E-state index in [2.05, 4.69) is 5.10 Å². The van der Waals surface area contributed by atoms with Crippen molar-refractivity contribution in [1.29, 1.82) is 0 Å². The molecule has 2 amide bonds. The van der Waals surface area contributed by atoms with Crippen LogP contribution in [-0.2, 0) is 11.8 Å². The molecule has 1 aliphatic rings. The van der Waals surface area contributed by atoms with Crippen molar-refractivity contribution in [1.82, 2.24) is 19.6 Å². The molecule has 0 saturated carbocycles. The molecule has 6 nitrogen and oxygen atoms in total. The van der Waals surface area contributed by atoms with Crippen LogP contribution in [0.2, 0.25) is 0 Å². The molecule has 1 saturated heterocycles. The minimum atomic E-state index is -0.111. The Kier molecular flexibility index (Phi) is 4.14. The van der Waals surface area contributed by atoms with Gasteiger partial charge in [0.05, 0.1) is 6.04 Å². The Morgan fingerprint density at radius 1 is 1.13 bits per heavy atom. The zero-order valence-electron chi connectivity index (χ0n) is 13.3. The van der Waals surface area contributed by atoms with Crippen molar-refractivity contribution in [2.24, 2.45) is 7.05 Å². The van der Waals surface area contributed by atoms with E-state index in [1.54, 1.807) is 35.8 Å². The zero-order valence-corrected chi connectivity index (χ0v) is 13.3. The number of hydrogen-bond acceptors (Lipinski definition) is 3. The number of rotatable bonds is 2. The standard InChI is InChI=1S/C17H20N4O2/c1-13(22)21-11-10-20(17(23)15-8-9-18-19(15)2)12-16(21)14-6-4-3-5-7-14/h3-9,16H,10-12H2,1-2H3/t16-/m1/s1. The normalized spacial score (nSPS) is 18.1. The molecule has 2 heterocycles. The van der Waals surface area contributed by atoms with Crippen LogP contribution < -0.4 is 0 Å². The number of benzene rings is 1. The van der Waals surface area contributed by atoms with Gasteiger partial charge in [-0.2, -0.15) is 5.10 Å². The predicted octanol–water partition coefficient (Wildman–Crippen LogP) is 1.47. The summed E-state index contributed by atoms with van der Waals surface area (Å²) in [6, 6.07) is 11.5. The first-order valence-corrected chi connectivity index (χ1v) is 7.67. The van der Waals surface area contributed by atoms with Crippen molar-refractivity contribution in [3.63, 3.8) is 0 Å². The second kappa shape index (κ2) is 6.24. The van der Waals surface area contributed by atoms with Crippen LogP contribution in [0.1, 0.15) is 29.0 Å². The van der Waals surface area contributed by atoms with Gasteiger partial charge in [-0.15, -0.1) is 0 Å². The van der Waals surface area contributed by atoms with Gasteiger partial charge in [0.2, 0.25) is 5.91 Å². The molecule has 1 aliphatic heterocycles. The monoisotopic (exact) mass is 312 g/mol. The lowest BCUT2D eigenvalue weighted by Crippen LogP contribution is -2.52. The van der Waals surface area contributed by atoms with E-state index in [1.807, 2.05) is 35.2 Å². The molecule has 0 N–H and O–H groups in total. The summed E-state index contributed by atoms with van der Waals surface area (Å²) in [5, 5.41) is 4.06. The summed E-state index contributed by atoms with van der Waals surface area (Å²) in [6.07, 6.45) is 1.62. The summed E-state index contributed by atoms with van der Waals surface area (Å²) in [4.78, 5) is 28.3. The molecule has 3 rings (SSSR count). The molecule has 120 valence electrons. The van der Waals surface area contributed by atoms with Crippen molar-refractivity contribution in [3.05, 3.63) is 53.9 Å². The average Bonchev–Trinajstić information content (AvgIpc) is 3.00. The van der Waals surface area contributed by atoms with Crippen molar-refractivity contribution in [3.8, 4) is 0 Å². The largest absolute Gasteiger partial charge is 0.333 e. The molecule has 1 aromatic carbocycles. The fourth-order valence-electron chi connectivity index (χ4n) is 3.05. The summed E-state index contributed by atoms with van der Waals surface area (Å²) in [6.45, 7) is 3.15. The Morgan fingerprint density at radius 3 is 2.48 bits per heavy atom. The fraction of sp³-hybridized carbons (Fsp3) is 0.353. The van der Waals surface area contributed by atoms with Crippen LogP contribution in [0.5, 0.6) is 0 Å². The van der Waals surface area contributed by atoms with Gasteiger partial charge in [-0.1, -0.05) is 30.3 Å². The van der Waals surface area contributed by atoms with E-state index in [0.717, 1.165) is 5.56 Å². The third-order valence-electron chi connectivity index (χ3n) is 4.30. The van der Waals surface area contributed by atoms with E-state index in [9.17, 15) is 9.59 Å². The van der Waals surface area contributed by atoms with Crippen molar-refractivity contribution in [2.75, 3.05) is 19.6 Å². The Hall–Kier alpha value is -2.63. The average molecular weight is 312 g/mol. The summed E-state index contributed by atoms with van der Waals surface area (Å²) in [5.74, 6) is -0.0133. The third-order valence-corrected chi connectivity index (χ3v) is 4.30. The Morgan fingerprint density at radius 2 is 1.87 bits per heavy atom. The van der Waals surface area contributed by atoms with Crippen LogP contribution in [0.25, 0.3) is 0 Å². The maximum Gasteiger partial charge on any atom is 0.272 e. The van der Waals surface area contributed by atoms with Crippen LogP contribution in [0, 0.1) is 0 Å². The minimum absolute atomic E-state index is 0.0338. The maximum atomic E-state index is 12.7. The van der Waals surface area contributed by atoms with E-state index < -0.39 is 0 Å². The molecule has 1 fully saturated rings. The highest BCUT2D eigenvalue weighted by molar-refractivity contribution is 5.92. The van der Waals surface area contributed by atoms with Crippen molar-refractivity contribution in [2.45, 2.75) is 13.0 Å². The smallest absolute Gasteiger partial charge is 0.272 e. The molecule has 6 heteroatoms. The van der Waals surface area contributed by atoms with E-state index >= 15 is 0 Å². The quantitative estimate of drug-likeness (QED) is 0.843. The molecule has 2 aromatic rings. The van der Waals surface area contributed by atoms with E-state index in [0.29, 0.717) is 25.3 Å². The first kappa shape index (κ1) is 15.3. The van der Waals surface area contributed by atoms with Gasteiger partial charge in [0.25, 0.3) is 5.91 Å². The minimum Gasteiger partial charge on any atom is -0.333 e. The van der Waals surface area contributed by atoms with Crippen LogP contribution in [0.4, 0.5) is 0 Å². The van der Waals surface area contributed by atoms with Crippen molar-refractivity contribution >= 4 is 11.8 Å². The van der Waals surface area contributed by atoms with Gasteiger partial charge < -0.3 is 9.80 Å². The molecule has 1 aromatic heterocycles. The Labute approximate surface area is 135 Å². The van der Waals surface area contributed by atoms with E-state index in [-0.39, 0.29) is 17.9 Å². The number of nitrogens with zero attached hydrogens (tertiary/aromatic N) is 4. The summed E-state index contributed by atoms with van der Waals surface area (Å²) in [7, 11) is 1.76. The lowest BCUT2D eigenvalue weighted by atomic mass is 10.0. The summed E-state index contributed by atoms with van der Waals surface area (Å²) >= 11 is 0. The number of carbonyl (C=O) groups is 2. The van der Waals surface area contributed by atoms with Gasteiger partial charge in [-0.3, -0.25) is 14.3 Å². The Balaban J connectivity index is 1.85. The fourth-order valence-corrected chi connectivity index (χ4v) is 3.05. The highest BCUT2D eigenvalue weighted by Gasteiger charge is 2.32. The topological polar surface area (TPSA) is 58.4 Å². The molecule has 0 aliphatic carbocycles. The first-order chi connectivity index (χ1) is 11.1. The molecule has 0 bridgehead atoms. The zero-order chi connectivity index (χ0) is 16.4. The summed E-state index contributed by atoms with van der Waals surface area (Å²) < 4.78 is 1.58. The SMILES string of the molecule is CC(=O)N1CCN(C(=O)c2ccnn2C)C[C@@H]1c1ccccc1. The lowest BCUT2D eigenvalue weighted by molar-refractivity contribution is -0.133. The third kappa shape index (κ3) is 2.97.